The zero-order valence-electron chi connectivity index (χ0n) is 11.3. The molecular weight excluding hydrogens is 228 g/mol. The van der Waals surface area contributed by atoms with Crippen LogP contribution in [0.4, 0.5) is 0 Å². The summed E-state index contributed by atoms with van der Waals surface area (Å²) in [5, 5.41) is 0. The Labute approximate surface area is 109 Å². The molecule has 3 heteroatoms. The number of carbonyl (C=O) groups is 1. The van der Waals surface area contributed by atoms with Gasteiger partial charge < -0.3 is 9.47 Å². The van der Waals surface area contributed by atoms with Gasteiger partial charge in [-0.3, -0.25) is 0 Å². The topological polar surface area (TPSA) is 35.5 Å². The summed E-state index contributed by atoms with van der Waals surface area (Å²) in [5.41, 5.74) is 0.518. The van der Waals surface area contributed by atoms with Crippen molar-refractivity contribution in [2.75, 3.05) is 13.2 Å². The van der Waals surface area contributed by atoms with Crippen molar-refractivity contribution < 1.29 is 14.3 Å². The number of para-hydroxylation sites is 1. The molecule has 1 rings (SSSR count). The van der Waals surface area contributed by atoms with Crippen LogP contribution in [0.15, 0.2) is 24.3 Å². The molecule has 0 atom stereocenters. The van der Waals surface area contributed by atoms with E-state index in [0.29, 0.717) is 24.5 Å². The van der Waals surface area contributed by atoms with Gasteiger partial charge in [-0.2, -0.15) is 0 Å². The summed E-state index contributed by atoms with van der Waals surface area (Å²) >= 11 is 0. The van der Waals surface area contributed by atoms with Gasteiger partial charge in [-0.1, -0.05) is 38.8 Å². The minimum absolute atomic E-state index is 0.296. The van der Waals surface area contributed by atoms with Crippen molar-refractivity contribution in [1.82, 2.24) is 0 Å². The summed E-state index contributed by atoms with van der Waals surface area (Å²) in [6.07, 6.45) is 3.97. The molecule has 0 aliphatic rings. The predicted molar refractivity (Wildman–Crippen MR) is 72.0 cm³/mol. The molecule has 0 saturated heterocycles. The fourth-order valence-corrected chi connectivity index (χ4v) is 1.47. The van der Waals surface area contributed by atoms with Crippen LogP contribution < -0.4 is 4.74 Å². The van der Waals surface area contributed by atoms with E-state index in [4.69, 9.17) is 9.47 Å². The van der Waals surface area contributed by atoms with Gasteiger partial charge in [0.05, 0.1) is 13.2 Å². The number of benzene rings is 1. The average Bonchev–Trinajstić information content (AvgIpc) is 2.40. The summed E-state index contributed by atoms with van der Waals surface area (Å²) < 4.78 is 10.8. The van der Waals surface area contributed by atoms with Crippen LogP contribution in [0, 0.1) is 0 Å². The number of esters is 1. The Kier molecular flexibility index (Phi) is 6.92. The van der Waals surface area contributed by atoms with Crippen LogP contribution in [0.25, 0.3) is 0 Å². The van der Waals surface area contributed by atoms with Crippen molar-refractivity contribution in [3.8, 4) is 5.75 Å². The van der Waals surface area contributed by atoms with Crippen LogP contribution in [-0.4, -0.2) is 19.2 Å². The number of hydrogen-bond donors (Lipinski definition) is 0. The summed E-state index contributed by atoms with van der Waals surface area (Å²) in [7, 11) is 0. The number of carbonyl (C=O) groups excluding carboxylic acids is 1. The lowest BCUT2D eigenvalue weighted by Gasteiger charge is -2.10. The highest BCUT2D eigenvalue weighted by molar-refractivity contribution is 5.92. The van der Waals surface area contributed by atoms with E-state index in [1.165, 1.54) is 0 Å². The minimum atomic E-state index is -0.296. The van der Waals surface area contributed by atoms with Gasteiger partial charge in [-0.25, -0.2) is 4.79 Å². The quantitative estimate of drug-likeness (QED) is 0.519. The van der Waals surface area contributed by atoms with E-state index >= 15 is 0 Å². The smallest absolute Gasteiger partial charge is 0.341 e. The molecule has 0 N–H and O–H groups in total. The molecule has 1 aromatic carbocycles. The summed E-state index contributed by atoms with van der Waals surface area (Å²) in [4.78, 5) is 11.9. The summed E-state index contributed by atoms with van der Waals surface area (Å²) in [6, 6.07) is 7.24. The largest absolute Gasteiger partial charge is 0.493 e. The summed E-state index contributed by atoms with van der Waals surface area (Å²) in [5.74, 6) is 0.322. The van der Waals surface area contributed by atoms with Gasteiger partial charge in [0.2, 0.25) is 0 Å². The second-order valence-corrected chi connectivity index (χ2v) is 4.19. The first-order valence-corrected chi connectivity index (χ1v) is 6.68. The molecule has 100 valence electrons. The molecule has 0 fully saturated rings. The Morgan fingerprint density at radius 2 is 1.72 bits per heavy atom. The van der Waals surface area contributed by atoms with Gasteiger partial charge in [0, 0.05) is 0 Å². The van der Waals surface area contributed by atoms with E-state index in [1.54, 1.807) is 6.07 Å². The van der Waals surface area contributed by atoms with Crippen LogP contribution in [0.1, 0.15) is 49.9 Å². The van der Waals surface area contributed by atoms with Crippen LogP contribution in [0.5, 0.6) is 5.75 Å². The SMILES string of the molecule is CCCCOC(=O)c1ccccc1OCCCC. The highest BCUT2D eigenvalue weighted by Crippen LogP contribution is 2.19. The van der Waals surface area contributed by atoms with Gasteiger partial charge in [0.15, 0.2) is 0 Å². The van der Waals surface area contributed by atoms with Crippen molar-refractivity contribution in [1.29, 1.82) is 0 Å². The maximum atomic E-state index is 11.9. The highest BCUT2D eigenvalue weighted by atomic mass is 16.5. The van der Waals surface area contributed by atoms with Crippen molar-refractivity contribution in [3.63, 3.8) is 0 Å². The molecule has 0 spiro atoms. The second-order valence-electron chi connectivity index (χ2n) is 4.19. The third-order valence-electron chi connectivity index (χ3n) is 2.59. The molecule has 1 aromatic rings. The standard InChI is InChI=1S/C15H22O3/c1-3-5-11-17-14-10-8-7-9-13(14)15(16)18-12-6-4-2/h7-10H,3-6,11-12H2,1-2H3. The molecule has 18 heavy (non-hydrogen) atoms. The Bertz CT molecular complexity index is 361. The predicted octanol–water partition coefficient (Wildman–Crippen LogP) is 3.82. The molecule has 0 heterocycles. The third-order valence-corrected chi connectivity index (χ3v) is 2.59. The van der Waals surface area contributed by atoms with Crippen LogP contribution in [-0.2, 0) is 4.74 Å². The molecule has 0 radical (unpaired) electrons. The van der Waals surface area contributed by atoms with Crippen LogP contribution >= 0.6 is 0 Å². The molecule has 0 amide bonds. The summed E-state index contributed by atoms with van der Waals surface area (Å²) in [6.45, 7) is 5.28. The first kappa shape index (κ1) is 14.6. The van der Waals surface area contributed by atoms with Crippen molar-refractivity contribution in [2.45, 2.75) is 39.5 Å². The Morgan fingerprint density at radius 3 is 2.44 bits per heavy atom. The Hall–Kier alpha value is -1.51. The fourth-order valence-electron chi connectivity index (χ4n) is 1.47. The zero-order chi connectivity index (χ0) is 13.2. The van der Waals surface area contributed by atoms with Crippen molar-refractivity contribution in [3.05, 3.63) is 29.8 Å². The molecule has 0 aliphatic carbocycles. The van der Waals surface area contributed by atoms with E-state index in [2.05, 4.69) is 13.8 Å². The van der Waals surface area contributed by atoms with E-state index in [1.807, 2.05) is 18.2 Å². The van der Waals surface area contributed by atoms with E-state index in [0.717, 1.165) is 25.7 Å². The number of unbranched alkanes of at least 4 members (excludes halogenated alkanes) is 2. The maximum absolute atomic E-state index is 11.9. The van der Waals surface area contributed by atoms with Gasteiger partial charge in [0.1, 0.15) is 11.3 Å². The third kappa shape index (κ3) is 4.78. The lowest BCUT2D eigenvalue weighted by Crippen LogP contribution is -2.09. The molecule has 0 bridgehead atoms. The number of rotatable bonds is 8. The molecule has 0 aromatic heterocycles. The van der Waals surface area contributed by atoms with E-state index in [-0.39, 0.29) is 5.97 Å². The monoisotopic (exact) mass is 250 g/mol. The van der Waals surface area contributed by atoms with Crippen molar-refractivity contribution in [2.24, 2.45) is 0 Å². The van der Waals surface area contributed by atoms with Gasteiger partial charge in [-0.15, -0.1) is 0 Å². The number of ether oxygens (including phenoxy) is 2. The maximum Gasteiger partial charge on any atom is 0.341 e. The van der Waals surface area contributed by atoms with Gasteiger partial charge in [0.25, 0.3) is 0 Å². The fraction of sp³-hybridized carbons (Fsp3) is 0.533. The first-order valence-electron chi connectivity index (χ1n) is 6.68. The second kappa shape index (κ2) is 8.56. The molecule has 0 saturated carbocycles. The number of hydrogen-bond acceptors (Lipinski definition) is 3. The zero-order valence-corrected chi connectivity index (χ0v) is 11.3. The van der Waals surface area contributed by atoms with E-state index in [9.17, 15) is 4.79 Å². The normalized spacial score (nSPS) is 10.1. The van der Waals surface area contributed by atoms with Crippen molar-refractivity contribution >= 4 is 5.97 Å². The molecule has 3 nitrogen and oxygen atoms in total. The lowest BCUT2D eigenvalue weighted by molar-refractivity contribution is 0.0495. The van der Waals surface area contributed by atoms with Gasteiger partial charge in [-0.05, 0) is 25.0 Å². The Morgan fingerprint density at radius 1 is 1.06 bits per heavy atom. The van der Waals surface area contributed by atoms with E-state index < -0.39 is 0 Å². The molecule has 0 aliphatic heterocycles. The Balaban J connectivity index is 2.59. The lowest BCUT2D eigenvalue weighted by atomic mass is 10.2. The molecular formula is C15H22O3. The molecule has 0 unspecified atom stereocenters. The van der Waals surface area contributed by atoms with Gasteiger partial charge >= 0.3 is 5.97 Å². The van der Waals surface area contributed by atoms with Crippen LogP contribution in [0.3, 0.4) is 0 Å². The first-order chi connectivity index (χ1) is 8.79. The minimum Gasteiger partial charge on any atom is -0.493 e. The van der Waals surface area contributed by atoms with Crippen LogP contribution in [0.2, 0.25) is 0 Å². The average molecular weight is 250 g/mol. The highest BCUT2D eigenvalue weighted by Gasteiger charge is 2.12.